The number of benzene rings is 2. The molecule has 4 aliphatic rings. The minimum atomic E-state index is -4.29. The lowest BCUT2D eigenvalue weighted by atomic mass is 9.75. The normalized spacial score (nSPS) is 20.6. The van der Waals surface area contributed by atoms with E-state index in [0.717, 1.165) is 41.1 Å². The molecule has 6 rings (SSSR count). The molecule has 0 aliphatic carbocycles. The Labute approximate surface area is 260 Å². The second kappa shape index (κ2) is 10.6. The van der Waals surface area contributed by atoms with Crippen LogP contribution in [0.15, 0.2) is 42.0 Å². The highest BCUT2D eigenvalue weighted by Gasteiger charge is 2.52. The number of carbonyl (C=O) groups excluding carboxylic acids is 1. The maximum absolute atomic E-state index is 12.2. The van der Waals surface area contributed by atoms with Gasteiger partial charge in [-0.3, -0.25) is 9.35 Å². The molecular weight excluding hydrogens is 574 g/mol. The summed E-state index contributed by atoms with van der Waals surface area (Å²) in [5.74, 6) is 2.57. The molecule has 0 spiro atoms. The number of hydrogen-bond acceptors (Lipinski definition) is 5. The molecule has 0 saturated heterocycles. The molecule has 0 saturated carbocycles. The monoisotopic (exact) mass is 614 g/mol. The van der Waals surface area contributed by atoms with Crippen LogP contribution in [0.4, 0.5) is 11.4 Å². The first-order valence-electron chi connectivity index (χ1n) is 15.2. The van der Waals surface area contributed by atoms with Crippen molar-refractivity contribution in [1.82, 2.24) is 5.32 Å². The molecule has 0 bridgehead atoms. The number of hydrogen-bond donors (Lipinski definition) is 2. The fourth-order valence-electron chi connectivity index (χ4n) is 7.41. The van der Waals surface area contributed by atoms with Crippen molar-refractivity contribution in [2.24, 2.45) is 0 Å². The molecule has 1 amide bonds. The smallest absolute Gasteiger partial charge is 0.269 e. The van der Waals surface area contributed by atoms with Gasteiger partial charge in [0.15, 0.2) is 12.3 Å². The van der Waals surface area contributed by atoms with Gasteiger partial charge in [-0.2, -0.15) is 13.0 Å². The Morgan fingerprint density at radius 1 is 1.23 bits per heavy atom. The molecule has 4 heterocycles. The highest BCUT2D eigenvalue weighted by molar-refractivity contribution is 7.86. The van der Waals surface area contributed by atoms with Crippen molar-refractivity contribution in [3.05, 3.63) is 64.2 Å². The summed E-state index contributed by atoms with van der Waals surface area (Å²) < 4.78 is 43.3. The zero-order chi connectivity index (χ0) is 31.6. The Kier molecular flexibility index (Phi) is 7.29. The molecule has 9 heteroatoms. The highest BCUT2D eigenvalue weighted by atomic mass is 32.2. The first-order chi connectivity index (χ1) is 20.7. The molecule has 44 heavy (non-hydrogen) atoms. The van der Waals surface area contributed by atoms with Gasteiger partial charge in [-0.15, -0.1) is 6.42 Å². The first kappa shape index (κ1) is 30.2. The van der Waals surface area contributed by atoms with E-state index in [4.69, 9.17) is 11.2 Å². The number of rotatable bonds is 7. The summed E-state index contributed by atoms with van der Waals surface area (Å²) in [6.45, 7) is 12.3. The molecule has 8 nitrogen and oxygen atoms in total. The number of fused-ring (bicyclic) bond motifs is 6. The van der Waals surface area contributed by atoms with Crippen LogP contribution in [0.3, 0.4) is 0 Å². The Morgan fingerprint density at radius 2 is 2.00 bits per heavy atom. The van der Waals surface area contributed by atoms with E-state index in [1.165, 1.54) is 22.5 Å². The summed E-state index contributed by atoms with van der Waals surface area (Å²) in [7, 11) is -4.29. The minimum Gasteiger partial charge on any atom is -0.485 e. The largest absolute Gasteiger partial charge is 0.485 e. The third-order valence-electron chi connectivity index (χ3n) is 9.29. The average Bonchev–Trinajstić information content (AvgIpc) is 3.16. The number of ether oxygens (including phenoxy) is 1. The van der Waals surface area contributed by atoms with Crippen molar-refractivity contribution in [3.63, 3.8) is 0 Å². The van der Waals surface area contributed by atoms with Crippen LogP contribution in [0.25, 0.3) is 11.6 Å². The van der Waals surface area contributed by atoms with Gasteiger partial charge in [-0.1, -0.05) is 23.6 Å². The molecule has 1 unspecified atom stereocenters. The average molecular weight is 615 g/mol. The molecule has 230 valence electrons. The SMILES string of the molecule is C#CCNC(=O)CCCN1c2cc3c(cc2C(CS(=O)(=O)O)=CC1(C)C)C=C1C2=[N+](CCC1O3)c1ccc(C)cc1C2(C)C. The van der Waals surface area contributed by atoms with E-state index in [1.54, 1.807) is 0 Å². The number of anilines is 1. The lowest BCUT2D eigenvalue weighted by Crippen LogP contribution is -2.46. The molecule has 0 aromatic heterocycles. The van der Waals surface area contributed by atoms with Gasteiger partial charge >= 0.3 is 0 Å². The van der Waals surface area contributed by atoms with E-state index >= 15 is 0 Å². The Bertz CT molecular complexity index is 1820. The van der Waals surface area contributed by atoms with Crippen molar-refractivity contribution < 1.29 is 27.1 Å². The summed E-state index contributed by atoms with van der Waals surface area (Å²) >= 11 is 0. The molecule has 4 aliphatic heterocycles. The van der Waals surface area contributed by atoms with Crippen LogP contribution < -0.4 is 15.0 Å². The summed E-state index contributed by atoms with van der Waals surface area (Å²) in [4.78, 5) is 14.4. The predicted molar refractivity (Wildman–Crippen MR) is 174 cm³/mol. The van der Waals surface area contributed by atoms with Gasteiger partial charge in [0.1, 0.15) is 17.6 Å². The quantitative estimate of drug-likeness (QED) is 0.258. The van der Waals surface area contributed by atoms with E-state index in [9.17, 15) is 17.8 Å². The molecule has 1 atom stereocenters. The van der Waals surface area contributed by atoms with Gasteiger partial charge in [0, 0.05) is 53.9 Å². The standard InChI is InChI=1S/C35H39N3O5S/c1-7-13-36-32(39)9-8-14-38-29-19-31-23(17-25(29)24(20-34(38,3)4)21-44(40,41)42)18-26-30(43-31)12-15-37-28-11-10-22(2)16-27(28)35(5,6)33(26)37/h1,10-11,16-20,30H,8-9,12-15,21H2,2-6H3,(H-,36,39,40,41,42)/p+1. The zero-order valence-corrected chi connectivity index (χ0v) is 26.8. The Morgan fingerprint density at radius 3 is 2.73 bits per heavy atom. The van der Waals surface area contributed by atoms with Gasteiger partial charge < -0.3 is 15.0 Å². The minimum absolute atomic E-state index is 0.0979. The van der Waals surface area contributed by atoms with Crippen LogP contribution in [-0.2, 0) is 20.3 Å². The lowest BCUT2D eigenvalue weighted by molar-refractivity contribution is -0.444. The third kappa shape index (κ3) is 5.24. The van der Waals surface area contributed by atoms with Gasteiger partial charge in [-0.25, -0.2) is 0 Å². The third-order valence-corrected chi connectivity index (χ3v) is 9.97. The van der Waals surface area contributed by atoms with Gasteiger partial charge in [0.05, 0.1) is 23.1 Å². The topological polar surface area (TPSA) is 99.0 Å². The van der Waals surface area contributed by atoms with E-state index < -0.39 is 21.4 Å². The van der Waals surface area contributed by atoms with Crippen LogP contribution >= 0.6 is 0 Å². The zero-order valence-electron chi connectivity index (χ0n) is 26.0. The van der Waals surface area contributed by atoms with Crippen LogP contribution in [0.5, 0.6) is 5.75 Å². The van der Waals surface area contributed by atoms with Crippen LogP contribution in [0.1, 0.15) is 69.2 Å². The fourth-order valence-corrected chi connectivity index (χ4v) is 8.04. The molecular formula is C35H40N3O5S+. The maximum Gasteiger partial charge on any atom is 0.269 e. The Balaban J connectivity index is 1.42. The van der Waals surface area contributed by atoms with Crippen molar-refractivity contribution in [3.8, 4) is 18.1 Å². The molecule has 2 aromatic carbocycles. The van der Waals surface area contributed by atoms with Crippen LogP contribution in [-0.4, -0.2) is 66.2 Å². The van der Waals surface area contributed by atoms with Crippen molar-refractivity contribution in [2.75, 3.05) is 30.3 Å². The number of nitrogens with one attached hydrogen (secondary N) is 1. The summed E-state index contributed by atoms with van der Waals surface area (Å²) in [5.41, 5.74) is 8.39. The Hall–Kier alpha value is -3.87. The molecule has 2 aromatic rings. The van der Waals surface area contributed by atoms with E-state index in [1.807, 2.05) is 32.1 Å². The summed E-state index contributed by atoms with van der Waals surface area (Å²) in [5, 5.41) is 2.71. The number of carbonyl (C=O) groups is 1. The second-order valence-corrected chi connectivity index (χ2v) is 14.8. The van der Waals surface area contributed by atoms with Crippen molar-refractivity contribution in [1.29, 1.82) is 0 Å². The fraction of sp³-hybridized carbons (Fsp3) is 0.429. The highest BCUT2D eigenvalue weighted by Crippen LogP contribution is 2.49. The number of terminal acetylenes is 1. The van der Waals surface area contributed by atoms with Gasteiger partial charge in [0.25, 0.3) is 10.1 Å². The van der Waals surface area contributed by atoms with Gasteiger partial charge in [0.2, 0.25) is 11.6 Å². The molecule has 2 N–H and O–H groups in total. The molecule has 0 radical (unpaired) electrons. The number of amides is 1. The van der Waals surface area contributed by atoms with Crippen molar-refractivity contribution in [2.45, 2.75) is 70.9 Å². The summed E-state index contributed by atoms with van der Waals surface area (Å²) in [6, 6.07) is 10.7. The number of aryl methyl sites for hydroxylation is 1. The second-order valence-electron chi connectivity index (χ2n) is 13.3. The first-order valence-corrected chi connectivity index (χ1v) is 16.8. The van der Waals surface area contributed by atoms with Crippen LogP contribution in [0.2, 0.25) is 0 Å². The number of nitrogens with zero attached hydrogens (tertiary/aromatic N) is 2. The van der Waals surface area contributed by atoms with Gasteiger partial charge in [-0.05, 0) is 64.8 Å². The predicted octanol–water partition coefficient (Wildman–Crippen LogP) is 5.02. The van der Waals surface area contributed by atoms with E-state index in [0.29, 0.717) is 25.0 Å². The van der Waals surface area contributed by atoms with Crippen LogP contribution in [0, 0.1) is 19.3 Å². The summed E-state index contributed by atoms with van der Waals surface area (Å²) in [6.07, 6.45) is 11.0. The lowest BCUT2D eigenvalue weighted by Gasteiger charge is -2.44. The van der Waals surface area contributed by atoms with E-state index in [-0.39, 0.29) is 24.0 Å². The van der Waals surface area contributed by atoms with E-state index in [2.05, 4.69) is 65.8 Å². The maximum atomic E-state index is 12.2. The molecule has 0 fully saturated rings. The van der Waals surface area contributed by atoms with Crippen molar-refractivity contribution >= 4 is 44.8 Å².